The van der Waals surface area contributed by atoms with Crippen molar-refractivity contribution in [3.05, 3.63) is 12.3 Å². The van der Waals surface area contributed by atoms with Crippen LogP contribution in [0.1, 0.15) is 13.8 Å². The molecule has 6 heteroatoms. The van der Waals surface area contributed by atoms with Crippen LogP contribution >= 0.6 is 0 Å². The lowest BCUT2D eigenvalue weighted by Gasteiger charge is -2.43. The summed E-state index contributed by atoms with van der Waals surface area (Å²) >= 11 is 0. The first-order chi connectivity index (χ1) is 10.5. The minimum absolute atomic E-state index is 0.222. The van der Waals surface area contributed by atoms with Gasteiger partial charge in [-0.15, -0.1) is 0 Å². The van der Waals surface area contributed by atoms with Gasteiger partial charge in [0.15, 0.2) is 0 Å². The van der Waals surface area contributed by atoms with Crippen LogP contribution in [0.2, 0.25) is 0 Å². The van der Waals surface area contributed by atoms with Gasteiger partial charge in [-0.25, -0.2) is 4.68 Å². The fraction of sp³-hybridized carbons (Fsp3) is 0.812. The summed E-state index contributed by atoms with van der Waals surface area (Å²) in [4.78, 5) is 5.03. The molecular weight excluding hydrogens is 276 g/mol. The smallest absolute Gasteiger partial charge is 0.124 e. The maximum atomic E-state index is 4.36. The predicted octanol–water partition coefficient (Wildman–Crippen LogP) is 0.540. The molecule has 0 aliphatic carbocycles. The Kier molecular flexibility index (Phi) is 4.70. The molecule has 6 nitrogen and oxygen atoms in total. The number of nitrogens with zero attached hydrogens (tertiary/aromatic N) is 4. The number of fused-ring (bicyclic) bond motifs is 1. The summed E-state index contributed by atoms with van der Waals surface area (Å²) < 4.78 is 2.07. The third-order valence-electron chi connectivity index (χ3n) is 5.07. The summed E-state index contributed by atoms with van der Waals surface area (Å²) in [5.41, 5.74) is 0.222. The van der Waals surface area contributed by atoms with Crippen molar-refractivity contribution in [1.82, 2.24) is 24.9 Å². The number of hydrogen-bond donors (Lipinski definition) is 2. The summed E-state index contributed by atoms with van der Waals surface area (Å²) in [6, 6.07) is 2.04. The maximum Gasteiger partial charge on any atom is 0.124 e. The van der Waals surface area contributed by atoms with Gasteiger partial charge in [0.05, 0.1) is 6.20 Å². The third kappa shape index (κ3) is 3.62. The van der Waals surface area contributed by atoms with Gasteiger partial charge in [-0.3, -0.25) is 4.90 Å². The van der Waals surface area contributed by atoms with Gasteiger partial charge in [0.25, 0.3) is 0 Å². The highest BCUT2D eigenvalue weighted by Crippen LogP contribution is 2.18. The molecular formula is C16H30N6. The van der Waals surface area contributed by atoms with Gasteiger partial charge in [0.2, 0.25) is 0 Å². The lowest BCUT2D eigenvalue weighted by molar-refractivity contribution is 0.0613. The van der Waals surface area contributed by atoms with E-state index in [1.807, 2.05) is 12.3 Å². The largest absolute Gasteiger partial charge is 0.370 e. The normalized spacial score (nSPS) is 24.0. The van der Waals surface area contributed by atoms with Crippen molar-refractivity contribution in [2.75, 3.05) is 58.2 Å². The van der Waals surface area contributed by atoms with E-state index < -0.39 is 0 Å². The quantitative estimate of drug-likeness (QED) is 0.831. The van der Waals surface area contributed by atoms with E-state index in [1.165, 1.54) is 26.2 Å². The molecule has 124 valence electrons. The zero-order valence-corrected chi connectivity index (χ0v) is 14.2. The second-order valence-electron chi connectivity index (χ2n) is 7.38. The molecule has 0 aromatic carbocycles. The van der Waals surface area contributed by atoms with Crippen LogP contribution in [0.5, 0.6) is 0 Å². The second kappa shape index (κ2) is 6.56. The first kappa shape index (κ1) is 15.8. The standard InChI is InChI=1S/C16H30N6/c1-16(2,21-8-6-20(3)7-9-21)13-17-10-14-11-18-15-4-5-19-22(15)12-14/h4-5,14,17-18H,6-13H2,1-3H3. The molecule has 0 bridgehead atoms. The average molecular weight is 306 g/mol. The summed E-state index contributed by atoms with van der Waals surface area (Å²) in [7, 11) is 2.21. The van der Waals surface area contributed by atoms with Gasteiger partial charge in [-0.2, -0.15) is 5.10 Å². The van der Waals surface area contributed by atoms with Gasteiger partial charge in [0, 0.05) is 69.9 Å². The Hall–Kier alpha value is -1.11. The van der Waals surface area contributed by atoms with E-state index in [0.717, 1.165) is 32.0 Å². The maximum absolute atomic E-state index is 4.36. The Labute approximate surface area is 133 Å². The van der Waals surface area contributed by atoms with E-state index in [9.17, 15) is 0 Å². The minimum Gasteiger partial charge on any atom is -0.370 e. The van der Waals surface area contributed by atoms with Crippen molar-refractivity contribution in [3.63, 3.8) is 0 Å². The molecule has 1 fully saturated rings. The first-order valence-electron chi connectivity index (χ1n) is 8.44. The average Bonchev–Trinajstić information content (AvgIpc) is 2.95. The number of piperazine rings is 1. The lowest BCUT2D eigenvalue weighted by atomic mass is 10.0. The van der Waals surface area contributed by atoms with Crippen LogP contribution in [0.4, 0.5) is 5.82 Å². The summed E-state index contributed by atoms with van der Waals surface area (Å²) in [6.45, 7) is 13.6. The first-order valence-corrected chi connectivity index (χ1v) is 8.44. The molecule has 2 aliphatic rings. The van der Waals surface area contributed by atoms with Crippen molar-refractivity contribution in [2.24, 2.45) is 5.92 Å². The third-order valence-corrected chi connectivity index (χ3v) is 5.07. The Bertz CT molecular complexity index is 475. The number of likely N-dealkylation sites (N-methyl/N-ethyl adjacent to an activating group) is 1. The molecule has 3 rings (SSSR count). The van der Waals surface area contributed by atoms with E-state index in [1.54, 1.807) is 0 Å². The zero-order chi connectivity index (χ0) is 15.6. The molecule has 1 atom stereocenters. The number of nitrogens with one attached hydrogen (secondary N) is 2. The van der Waals surface area contributed by atoms with E-state index in [-0.39, 0.29) is 5.54 Å². The highest BCUT2D eigenvalue weighted by molar-refractivity contribution is 5.35. The predicted molar refractivity (Wildman–Crippen MR) is 90.2 cm³/mol. The molecule has 3 heterocycles. The fourth-order valence-corrected chi connectivity index (χ4v) is 3.43. The molecule has 0 amide bonds. The minimum atomic E-state index is 0.222. The molecule has 1 aromatic rings. The Balaban J connectivity index is 1.43. The summed E-state index contributed by atoms with van der Waals surface area (Å²) in [6.07, 6.45) is 1.87. The van der Waals surface area contributed by atoms with Crippen molar-refractivity contribution < 1.29 is 0 Å². The van der Waals surface area contributed by atoms with Crippen LogP contribution in [-0.2, 0) is 6.54 Å². The van der Waals surface area contributed by atoms with Gasteiger partial charge < -0.3 is 15.5 Å². The molecule has 22 heavy (non-hydrogen) atoms. The van der Waals surface area contributed by atoms with Crippen molar-refractivity contribution in [1.29, 1.82) is 0 Å². The zero-order valence-electron chi connectivity index (χ0n) is 14.2. The highest BCUT2D eigenvalue weighted by atomic mass is 15.3. The lowest BCUT2D eigenvalue weighted by Crippen LogP contribution is -2.57. The van der Waals surface area contributed by atoms with Crippen LogP contribution in [0.15, 0.2) is 12.3 Å². The van der Waals surface area contributed by atoms with E-state index in [0.29, 0.717) is 5.92 Å². The topological polar surface area (TPSA) is 48.4 Å². The number of aromatic nitrogens is 2. The monoisotopic (exact) mass is 306 g/mol. The van der Waals surface area contributed by atoms with Gasteiger partial charge in [-0.05, 0) is 20.9 Å². The van der Waals surface area contributed by atoms with Crippen LogP contribution in [0.3, 0.4) is 0 Å². The second-order valence-corrected chi connectivity index (χ2v) is 7.38. The van der Waals surface area contributed by atoms with Crippen LogP contribution in [0.25, 0.3) is 0 Å². The Morgan fingerprint density at radius 3 is 2.86 bits per heavy atom. The molecule has 2 N–H and O–H groups in total. The number of rotatable bonds is 5. The fourth-order valence-electron chi connectivity index (χ4n) is 3.43. The highest BCUT2D eigenvalue weighted by Gasteiger charge is 2.29. The molecule has 0 saturated carbocycles. The van der Waals surface area contributed by atoms with Gasteiger partial charge in [0.1, 0.15) is 5.82 Å². The van der Waals surface area contributed by atoms with Gasteiger partial charge in [-0.1, -0.05) is 0 Å². The van der Waals surface area contributed by atoms with Crippen molar-refractivity contribution in [3.8, 4) is 0 Å². The molecule has 1 saturated heterocycles. The molecule has 2 aliphatic heterocycles. The van der Waals surface area contributed by atoms with Crippen LogP contribution in [-0.4, -0.2) is 78.0 Å². The Morgan fingerprint density at radius 1 is 1.32 bits per heavy atom. The molecule has 0 spiro atoms. The number of hydrogen-bond acceptors (Lipinski definition) is 5. The number of anilines is 1. The van der Waals surface area contributed by atoms with Crippen LogP contribution < -0.4 is 10.6 Å². The SMILES string of the molecule is CN1CCN(C(C)(C)CNCC2CNc3ccnn3C2)CC1. The van der Waals surface area contributed by atoms with E-state index in [4.69, 9.17) is 0 Å². The summed E-state index contributed by atoms with van der Waals surface area (Å²) in [5.74, 6) is 1.75. The molecule has 1 aromatic heterocycles. The van der Waals surface area contributed by atoms with Crippen molar-refractivity contribution in [2.45, 2.75) is 25.9 Å². The summed E-state index contributed by atoms with van der Waals surface area (Å²) in [5, 5.41) is 11.5. The molecule has 1 unspecified atom stereocenters. The molecule has 0 radical (unpaired) electrons. The van der Waals surface area contributed by atoms with Crippen LogP contribution in [0, 0.1) is 5.92 Å². The van der Waals surface area contributed by atoms with E-state index in [2.05, 4.69) is 51.1 Å². The van der Waals surface area contributed by atoms with E-state index >= 15 is 0 Å². The van der Waals surface area contributed by atoms with Gasteiger partial charge >= 0.3 is 0 Å². The van der Waals surface area contributed by atoms with Crippen molar-refractivity contribution >= 4 is 5.82 Å². The Morgan fingerprint density at radius 2 is 2.09 bits per heavy atom.